The fraction of sp³-hybridized carbons (Fsp3) is 0.385. The molecule has 5 nitrogen and oxygen atoms in total. The lowest BCUT2D eigenvalue weighted by molar-refractivity contribution is -0.114. The average molecular weight is 249 g/mol. The predicted molar refractivity (Wildman–Crippen MR) is 66.1 cm³/mol. The number of amides is 1. The molecular formula is C13H15NO4. The van der Waals surface area contributed by atoms with Gasteiger partial charge in [-0.05, 0) is 25.1 Å². The van der Waals surface area contributed by atoms with Crippen LogP contribution in [0.1, 0.15) is 17.3 Å². The van der Waals surface area contributed by atoms with Gasteiger partial charge in [0.05, 0.1) is 31.0 Å². The SMILES string of the molecule is COc1ccc2c(c1)C(=O)C(=O)N2CC(C)OC. The number of carbonyl (C=O) groups is 2. The van der Waals surface area contributed by atoms with Gasteiger partial charge in [0.2, 0.25) is 0 Å². The van der Waals surface area contributed by atoms with Gasteiger partial charge < -0.3 is 14.4 Å². The number of hydrogen-bond donors (Lipinski definition) is 0. The van der Waals surface area contributed by atoms with E-state index in [1.807, 2.05) is 6.92 Å². The molecule has 0 spiro atoms. The van der Waals surface area contributed by atoms with Gasteiger partial charge in [0, 0.05) is 7.11 Å². The summed E-state index contributed by atoms with van der Waals surface area (Å²) in [7, 11) is 3.09. The number of benzene rings is 1. The molecule has 0 fully saturated rings. The molecule has 0 radical (unpaired) electrons. The Balaban J connectivity index is 2.37. The van der Waals surface area contributed by atoms with Crippen molar-refractivity contribution in [1.82, 2.24) is 0 Å². The molecule has 0 aliphatic carbocycles. The highest BCUT2D eigenvalue weighted by molar-refractivity contribution is 6.52. The van der Waals surface area contributed by atoms with Crippen LogP contribution in [-0.2, 0) is 9.53 Å². The molecule has 5 heteroatoms. The molecule has 18 heavy (non-hydrogen) atoms. The number of fused-ring (bicyclic) bond motifs is 1. The van der Waals surface area contributed by atoms with Gasteiger partial charge in [0.1, 0.15) is 5.75 Å². The molecular weight excluding hydrogens is 234 g/mol. The van der Waals surface area contributed by atoms with Gasteiger partial charge in [0.15, 0.2) is 0 Å². The molecule has 96 valence electrons. The maximum absolute atomic E-state index is 11.9. The third kappa shape index (κ3) is 1.97. The first-order valence-corrected chi connectivity index (χ1v) is 5.65. The number of hydrogen-bond acceptors (Lipinski definition) is 4. The molecule has 1 amide bonds. The lowest BCUT2D eigenvalue weighted by Gasteiger charge is -2.20. The van der Waals surface area contributed by atoms with Crippen molar-refractivity contribution in [3.63, 3.8) is 0 Å². The zero-order valence-electron chi connectivity index (χ0n) is 10.6. The summed E-state index contributed by atoms with van der Waals surface area (Å²) in [6.45, 7) is 2.21. The summed E-state index contributed by atoms with van der Waals surface area (Å²) >= 11 is 0. The second kappa shape index (κ2) is 4.78. The van der Waals surface area contributed by atoms with Crippen molar-refractivity contribution in [2.75, 3.05) is 25.7 Å². The Labute approximate surface area is 105 Å². The van der Waals surface area contributed by atoms with Crippen LogP contribution in [-0.4, -0.2) is 38.6 Å². The average Bonchev–Trinajstić information content (AvgIpc) is 2.63. The summed E-state index contributed by atoms with van der Waals surface area (Å²) in [6.07, 6.45) is -0.130. The van der Waals surface area contributed by atoms with E-state index in [2.05, 4.69) is 0 Å². The highest BCUT2D eigenvalue weighted by Gasteiger charge is 2.36. The normalized spacial score (nSPS) is 15.8. The van der Waals surface area contributed by atoms with E-state index in [1.54, 1.807) is 25.3 Å². The van der Waals surface area contributed by atoms with Crippen LogP contribution in [0, 0.1) is 0 Å². The molecule has 0 bridgehead atoms. The summed E-state index contributed by atoms with van der Waals surface area (Å²) in [5.41, 5.74) is 1.01. The van der Waals surface area contributed by atoms with Gasteiger partial charge in [-0.15, -0.1) is 0 Å². The number of anilines is 1. The van der Waals surface area contributed by atoms with Crippen molar-refractivity contribution in [3.8, 4) is 5.75 Å². The number of Topliss-reactive ketones (excluding diaryl/α,β-unsaturated/α-hetero) is 1. The summed E-state index contributed by atoms with van der Waals surface area (Å²) in [5.74, 6) is -0.439. The molecule has 1 aromatic carbocycles. The highest BCUT2D eigenvalue weighted by Crippen LogP contribution is 2.32. The quantitative estimate of drug-likeness (QED) is 0.754. The first kappa shape index (κ1) is 12.6. The summed E-state index contributed by atoms with van der Waals surface area (Å²) in [6, 6.07) is 5.04. The van der Waals surface area contributed by atoms with Crippen LogP contribution in [0.4, 0.5) is 5.69 Å². The number of ketones is 1. The Morgan fingerprint density at radius 2 is 2.00 bits per heavy atom. The number of nitrogens with zero attached hydrogens (tertiary/aromatic N) is 1. The second-order valence-electron chi connectivity index (χ2n) is 4.17. The molecule has 2 rings (SSSR count). The van der Waals surface area contributed by atoms with Gasteiger partial charge in [-0.2, -0.15) is 0 Å². The van der Waals surface area contributed by atoms with Crippen LogP contribution in [0.3, 0.4) is 0 Å². The lowest BCUT2D eigenvalue weighted by atomic mass is 10.1. The number of methoxy groups -OCH3 is 2. The third-order valence-corrected chi connectivity index (χ3v) is 3.02. The maximum Gasteiger partial charge on any atom is 0.299 e. The number of carbonyl (C=O) groups excluding carboxylic acids is 2. The van der Waals surface area contributed by atoms with Crippen LogP contribution in [0.2, 0.25) is 0 Å². The van der Waals surface area contributed by atoms with E-state index in [1.165, 1.54) is 12.0 Å². The lowest BCUT2D eigenvalue weighted by Crippen LogP contribution is -2.36. The minimum Gasteiger partial charge on any atom is -0.497 e. The van der Waals surface area contributed by atoms with E-state index in [4.69, 9.17) is 9.47 Å². The van der Waals surface area contributed by atoms with Crippen LogP contribution >= 0.6 is 0 Å². The van der Waals surface area contributed by atoms with Crippen molar-refractivity contribution in [2.24, 2.45) is 0 Å². The first-order valence-electron chi connectivity index (χ1n) is 5.65. The molecule has 0 saturated heterocycles. The Hall–Kier alpha value is -1.88. The van der Waals surface area contributed by atoms with E-state index in [-0.39, 0.29) is 6.10 Å². The van der Waals surface area contributed by atoms with Crippen molar-refractivity contribution in [2.45, 2.75) is 13.0 Å². The topological polar surface area (TPSA) is 55.8 Å². The minimum atomic E-state index is -0.512. The van der Waals surface area contributed by atoms with Crippen molar-refractivity contribution >= 4 is 17.4 Å². The van der Waals surface area contributed by atoms with Crippen molar-refractivity contribution < 1.29 is 19.1 Å². The van der Waals surface area contributed by atoms with Crippen LogP contribution in [0.25, 0.3) is 0 Å². The fourth-order valence-corrected chi connectivity index (χ4v) is 1.92. The largest absolute Gasteiger partial charge is 0.497 e. The predicted octanol–water partition coefficient (Wildman–Crippen LogP) is 1.26. The summed E-state index contributed by atoms with van der Waals surface area (Å²) in [5, 5.41) is 0. The Kier molecular flexibility index (Phi) is 3.34. The van der Waals surface area contributed by atoms with Gasteiger partial charge >= 0.3 is 0 Å². The number of rotatable bonds is 4. The fourth-order valence-electron chi connectivity index (χ4n) is 1.92. The molecule has 1 atom stereocenters. The summed E-state index contributed by atoms with van der Waals surface area (Å²) < 4.78 is 10.2. The molecule has 1 heterocycles. The van der Waals surface area contributed by atoms with Crippen molar-refractivity contribution in [3.05, 3.63) is 23.8 Å². The van der Waals surface area contributed by atoms with E-state index >= 15 is 0 Å². The maximum atomic E-state index is 11.9. The Morgan fingerprint density at radius 1 is 1.28 bits per heavy atom. The van der Waals surface area contributed by atoms with E-state index in [0.29, 0.717) is 23.5 Å². The van der Waals surface area contributed by atoms with E-state index < -0.39 is 11.7 Å². The molecule has 1 aliphatic rings. The van der Waals surface area contributed by atoms with Gasteiger partial charge in [-0.25, -0.2) is 0 Å². The van der Waals surface area contributed by atoms with E-state index in [0.717, 1.165) is 0 Å². The van der Waals surface area contributed by atoms with Crippen LogP contribution in [0.5, 0.6) is 5.75 Å². The zero-order valence-corrected chi connectivity index (χ0v) is 10.6. The van der Waals surface area contributed by atoms with Gasteiger partial charge in [0.25, 0.3) is 11.7 Å². The minimum absolute atomic E-state index is 0.130. The third-order valence-electron chi connectivity index (χ3n) is 3.02. The van der Waals surface area contributed by atoms with E-state index in [9.17, 15) is 9.59 Å². The molecule has 1 unspecified atom stereocenters. The second-order valence-corrected chi connectivity index (χ2v) is 4.17. The highest BCUT2D eigenvalue weighted by atomic mass is 16.5. The monoisotopic (exact) mass is 249 g/mol. The standard InChI is InChI=1S/C13H15NO4/c1-8(17-2)7-14-11-5-4-9(18-3)6-10(11)12(15)13(14)16/h4-6,8H,7H2,1-3H3. The smallest absolute Gasteiger partial charge is 0.299 e. The Morgan fingerprint density at radius 3 is 2.61 bits per heavy atom. The molecule has 1 aliphatic heterocycles. The van der Waals surface area contributed by atoms with Gasteiger partial charge in [-0.3, -0.25) is 9.59 Å². The van der Waals surface area contributed by atoms with Crippen molar-refractivity contribution in [1.29, 1.82) is 0 Å². The first-order chi connectivity index (χ1) is 8.58. The van der Waals surface area contributed by atoms with Crippen LogP contribution < -0.4 is 9.64 Å². The van der Waals surface area contributed by atoms with Gasteiger partial charge in [-0.1, -0.05) is 0 Å². The Bertz CT molecular complexity index is 498. The zero-order chi connectivity index (χ0) is 13.3. The molecule has 0 saturated carbocycles. The molecule has 1 aromatic rings. The summed E-state index contributed by atoms with van der Waals surface area (Å²) in [4.78, 5) is 25.2. The molecule has 0 aromatic heterocycles. The van der Waals surface area contributed by atoms with Crippen LogP contribution in [0.15, 0.2) is 18.2 Å². The number of ether oxygens (including phenoxy) is 2. The molecule has 0 N–H and O–H groups in total.